The van der Waals surface area contributed by atoms with Crippen LogP contribution in [-0.2, 0) is 46.1 Å². The Kier molecular flexibility index (Phi) is 17.8. The molecule has 386 valence electrons. The number of aliphatic hydroxyl groups is 1. The van der Waals surface area contributed by atoms with Gasteiger partial charge in [0.15, 0.2) is 5.11 Å². The van der Waals surface area contributed by atoms with E-state index in [2.05, 4.69) is 15.6 Å². The van der Waals surface area contributed by atoms with E-state index in [0.29, 0.717) is 11.4 Å². The first-order valence-corrected chi connectivity index (χ1v) is 24.6. The molecular formula is C51H60F3N7O9S2. The number of β-amino-alcohol motifs (C(OH)–C–C–N with tert-alkyl or cyclic N) is 1. The van der Waals surface area contributed by atoms with Gasteiger partial charge in [-0.15, -0.1) is 11.3 Å². The standard InChI is InChI=1S/C51H60F3N7O9S2/c1-30-43(72-29-57-30)34-11-9-33(10-12-34)26-56-45(64)41-24-38(62)27-59(41)46(65)44(49(4,5)6)58-42(63)28-67-19-20-68-31(2)32(3)69-21-22-70-39-17-15-36(16-18-39)61-48(71)60(47(66)50(61,7)8)37-14-13-35(25-55)40(23-37)51(52,53)54/h9-18,23,29,31-32,38,41,44,62H,19-22,24,26-28H2,1-8H3,(H,56,64)(H,58,63)/t31-,32-,38-,41+,44-/m1/s1. The fourth-order valence-electron chi connectivity index (χ4n) is 8.26. The number of ether oxygens (including phenoxy) is 4. The average molecular weight is 1040 g/mol. The lowest BCUT2D eigenvalue weighted by atomic mass is 9.85. The van der Waals surface area contributed by atoms with Crippen LogP contribution in [0.15, 0.2) is 72.2 Å². The van der Waals surface area contributed by atoms with Gasteiger partial charge in [-0.05, 0) is 106 Å². The summed E-state index contributed by atoms with van der Waals surface area (Å²) in [6.45, 7) is 14.7. The number of aryl methyl sites for hydroxylation is 1. The van der Waals surface area contributed by atoms with Gasteiger partial charge >= 0.3 is 6.18 Å². The van der Waals surface area contributed by atoms with Crippen molar-refractivity contribution in [3.05, 3.63) is 94.6 Å². The maximum Gasteiger partial charge on any atom is 0.417 e. The Balaban J connectivity index is 0.898. The second kappa shape index (κ2) is 23.2. The molecule has 4 aromatic rings. The molecule has 3 heterocycles. The molecule has 1 aromatic heterocycles. The van der Waals surface area contributed by atoms with Gasteiger partial charge in [-0.3, -0.25) is 24.1 Å². The van der Waals surface area contributed by atoms with Crippen molar-refractivity contribution in [3.63, 3.8) is 0 Å². The Hall–Kier alpha value is -6.02. The van der Waals surface area contributed by atoms with Gasteiger partial charge in [-0.1, -0.05) is 45.0 Å². The number of nitriles is 1. The molecule has 0 radical (unpaired) electrons. The first kappa shape index (κ1) is 55.3. The molecule has 2 saturated heterocycles. The Labute approximate surface area is 426 Å². The Morgan fingerprint density at radius 2 is 1.61 bits per heavy atom. The molecule has 21 heteroatoms. The predicted molar refractivity (Wildman–Crippen MR) is 268 cm³/mol. The number of hydrogen-bond donors (Lipinski definition) is 3. The second-order valence-electron chi connectivity index (χ2n) is 19.1. The minimum absolute atomic E-state index is 0.0265. The predicted octanol–water partition coefficient (Wildman–Crippen LogP) is 6.94. The normalized spacial score (nSPS) is 18.2. The summed E-state index contributed by atoms with van der Waals surface area (Å²) in [6.07, 6.45) is -6.36. The van der Waals surface area contributed by atoms with E-state index in [0.717, 1.165) is 38.7 Å². The Bertz CT molecular complexity index is 2630. The number of carbonyl (C=O) groups excluding carboxylic acids is 4. The number of carbonyl (C=O) groups is 4. The van der Waals surface area contributed by atoms with Crippen molar-refractivity contribution >= 4 is 63.7 Å². The van der Waals surface area contributed by atoms with Gasteiger partial charge in [0.05, 0.1) is 77.1 Å². The van der Waals surface area contributed by atoms with Gasteiger partial charge in [0.25, 0.3) is 5.91 Å². The van der Waals surface area contributed by atoms with Crippen LogP contribution in [0.4, 0.5) is 24.5 Å². The lowest BCUT2D eigenvalue weighted by molar-refractivity contribution is -0.144. The van der Waals surface area contributed by atoms with Gasteiger partial charge in [0, 0.05) is 25.2 Å². The summed E-state index contributed by atoms with van der Waals surface area (Å²) in [5, 5.41) is 25.4. The minimum atomic E-state index is -4.81. The largest absolute Gasteiger partial charge is 0.491 e. The van der Waals surface area contributed by atoms with Crippen molar-refractivity contribution in [1.29, 1.82) is 5.26 Å². The van der Waals surface area contributed by atoms with E-state index < -0.39 is 70.1 Å². The number of likely N-dealkylation sites (tertiary alicyclic amines) is 1. The van der Waals surface area contributed by atoms with Crippen LogP contribution in [0.1, 0.15) is 77.3 Å². The van der Waals surface area contributed by atoms with Crippen molar-refractivity contribution in [3.8, 4) is 22.3 Å². The van der Waals surface area contributed by atoms with Crippen LogP contribution < -0.4 is 25.2 Å². The molecule has 5 atom stereocenters. The van der Waals surface area contributed by atoms with Crippen molar-refractivity contribution in [2.24, 2.45) is 5.41 Å². The number of rotatable bonds is 20. The third-order valence-corrected chi connectivity index (χ3v) is 13.7. The van der Waals surface area contributed by atoms with E-state index in [4.69, 9.17) is 31.2 Å². The number of alkyl halides is 3. The molecule has 2 fully saturated rings. The van der Waals surface area contributed by atoms with Crippen LogP contribution in [0.2, 0.25) is 0 Å². The number of thiocarbonyl (C=S) groups is 1. The summed E-state index contributed by atoms with van der Waals surface area (Å²) in [4.78, 5) is 63.4. The molecule has 0 unspecified atom stereocenters. The molecule has 4 amide bonds. The van der Waals surface area contributed by atoms with Crippen LogP contribution in [0.3, 0.4) is 0 Å². The molecule has 0 bridgehead atoms. The molecule has 3 N–H and O–H groups in total. The van der Waals surface area contributed by atoms with Crippen LogP contribution in [-0.4, -0.2) is 119 Å². The Morgan fingerprint density at radius 1 is 0.972 bits per heavy atom. The number of amides is 4. The number of nitrogens with one attached hydrogen (secondary N) is 2. The fourth-order valence-corrected chi connectivity index (χ4v) is 9.59. The van der Waals surface area contributed by atoms with E-state index in [1.54, 1.807) is 86.7 Å². The molecule has 2 aliphatic heterocycles. The van der Waals surface area contributed by atoms with E-state index in [9.17, 15) is 42.7 Å². The second-order valence-corrected chi connectivity index (χ2v) is 20.4. The lowest BCUT2D eigenvalue weighted by Crippen LogP contribution is -2.58. The summed E-state index contributed by atoms with van der Waals surface area (Å²) >= 11 is 7.18. The summed E-state index contributed by atoms with van der Waals surface area (Å²) in [5.41, 5.74) is 1.32. The van der Waals surface area contributed by atoms with Gasteiger partial charge in [0.1, 0.15) is 36.6 Å². The number of hydrogen-bond acceptors (Lipinski definition) is 13. The van der Waals surface area contributed by atoms with E-state index in [1.165, 1.54) is 11.0 Å². The van der Waals surface area contributed by atoms with Crippen LogP contribution in [0.5, 0.6) is 5.75 Å². The summed E-state index contributed by atoms with van der Waals surface area (Å²) < 4.78 is 64.4. The fraction of sp³-hybridized carbons (Fsp3) is 0.471. The SMILES string of the molecule is Cc1ncsc1-c1ccc(CNC(=O)[C@@H]2C[C@@H](O)CN2C(=O)[C@@H](NC(=O)COCCO[C@H](C)[C@@H](C)OCCOc2ccc(N3C(=S)N(c4ccc(C#N)c(C(F)(F)F)c4)C(=O)C3(C)C)cc2)C(C)(C)C)cc1. The highest BCUT2D eigenvalue weighted by atomic mass is 32.1. The molecule has 3 aromatic carbocycles. The van der Waals surface area contributed by atoms with Gasteiger partial charge < -0.3 is 44.5 Å². The van der Waals surface area contributed by atoms with Crippen molar-refractivity contribution < 1.29 is 56.4 Å². The third-order valence-electron chi connectivity index (χ3n) is 12.4. The number of aliphatic hydroxyl groups excluding tert-OH is 1. The number of anilines is 2. The summed E-state index contributed by atoms with van der Waals surface area (Å²) in [7, 11) is 0. The van der Waals surface area contributed by atoms with E-state index in [-0.39, 0.29) is 75.6 Å². The number of thiazole rings is 1. The minimum Gasteiger partial charge on any atom is -0.491 e. The maximum absolute atomic E-state index is 14.0. The zero-order valence-corrected chi connectivity index (χ0v) is 43.0. The number of nitrogens with zero attached hydrogens (tertiary/aromatic N) is 5. The first-order valence-electron chi connectivity index (χ1n) is 23.3. The molecule has 0 aliphatic carbocycles. The zero-order valence-electron chi connectivity index (χ0n) is 41.4. The van der Waals surface area contributed by atoms with E-state index >= 15 is 0 Å². The van der Waals surface area contributed by atoms with Crippen molar-refractivity contribution in [1.82, 2.24) is 20.5 Å². The van der Waals surface area contributed by atoms with Gasteiger partial charge in [0.2, 0.25) is 17.7 Å². The van der Waals surface area contributed by atoms with Gasteiger partial charge in [-0.2, -0.15) is 18.4 Å². The summed E-state index contributed by atoms with van der Waals surface area (Å²) in [6, 6.07) is 17.1. The van der Waals surface area contributed by atoms with Gasteiger partial charge in [-0.25, -0.2) is 4.98 Å². The highest BCUT2D eigenvalue weighted by Crippen LogP contribution is 2.40. The van der Waals surface area contributed by atoms with E-state index in [1.807, 2.05) is 45.0 Å². The topological polar surface area (TPSA) is 196 Å². The highest BCUT2D eigenvalue weighted by Gasteiger charge is 2.51. The third kappa shape index (κ3) is 13.1. The molecule has 0 saturated carbocycles. The molecule has 72 heavy (non-hydrogen) atoms. The van der Waals surface area contributed by atoms with Crippen molar-refractivity contribution in [2.75, 3.05) is 49.4 Å². The number of benzene rings is 3. The average Bonchev–Trinajstić information content (AvgIpc) is 4.00. The molecule has 0 spiro atoms. The van der Waals surface area contributed by atoms with Crippen LogP contribution >= 0.6 is 23.6 Å². The number of aromatic nitrogens is 1. The molecule has 2 aliphatic rings. The van der Waals surface area contributed by atoms with Crippen molar-refractivity contribution in [2.45, 2.75) is 110 Å². The molecule has 6 rings (SSSR count). The number of halogens is 3. The molecular weight excluding hydrogens is 976 g/mol. The lowest BCUT2D eigenvalue weighted by Gasteiger charge is -2.35. The van der Waals surface area contributed by atoms with Crippen LogP contribution in [0.25, 0.3) is 10.4 Å². The highest BCUT2D eigenvalue weighted by molar-refractivity contribution is 7.81. The Morgan fingerprint density at radius 3 is 2.21 bits per heavy atom. The maximum atomic E-state index is 14.0. The zero-order chi connectivity index (χ0) is 52.7. The summed E-state index contributed by atoms with van der Waals surface area (Å²) in [5.74, 6) is -1.46. The quantitative estimate of drug-likeness (QED) is 0.0609. The molecule has 16 nitrogen and oxygen atoms in total. The smallest absolute Gasteiger partial charge is 0.417 e. The first-order chi connectivity index (χ1) is 33.9. The van der Waals surface area contributed by atoms with Crippen LogP contribution in [0, 0.1) is 23.7 Å². The monoisotopic (exact) mass is 1040 g/mol.